The Balaban J connectivity index is 1.36. The lowest BCUT2D eigenvalue weighted by Gasteiger charge is -2.34. The normalized spacial score (nSPS) is 17.8. The summed E-state index contributed by atoms with van der Waals surface area (Å²) in [5, 5.41) is 0. The third-order valence-corrected chi connectivity index (χ3v) is 6.84. The van der Waals surface area contributed by atoms with Gasteiger partial charge in [-0.15, -0.1) is 0 Å². The number of fused-ring (bicyclic) bond motifs is 1. The van der Waals surface area contributed by atoms with Gasteiger partial charge in [0, 0.05) is 49.8 Å². The fraction of sp³-hybridized carbons (Fsp3) is 0.400. The molecule has 1 aliphatic heterocycles. The summed E-state index contributed by atoms with van der Waals surface area (Å²) in [6, 6.07) is 6.10. The molecule has 1 aliphatic carbocycles. The lowest BCUT2D eigenvalue weighted by Crippen LogP contribution is -2.49. The number of carbonyl (C=O) groups excluding carboxylic acids is 1. The number of piperazine rings is 1. The number of nitrogens with zero attached hydrogens (tertiary/aromatic N) is 5. The first-order chi connectivity index (χ1) is 16.9. The van der Waals surface area contributed by atoms with Crippen LogP contribution in [0.15, 0.2) is 46.2 Å². The Morgan fingerprint density at radius 1 is 1.14 bits per heavy atom. The van der Waals surface area contributed by atoms with Crippen LogP contribution in [-0.2, 0) is 19.4 Å². The topological polar surface area (TPSA) is 104 Å². The van der Waals surface area contributed by atoms with Gasteiger partial charge in [-0.1, -0.05) is 13.0 Å². The first kappa shape index (κ1) is 22.9. The summed E-state index contributed by atoms with van der Waals surface area (Å²) < 4.78 is 16.3. The van der Waals surface area contributed by atoms with Crippen LogP contribution in [0.4, 0.5) is 10.3 Å². The van der Waals surface area contributed by atoms with Crippen LogP contribution in [-0.4, -0.2) is 56.5 Å². The minimum absolute atomic E-state index is 0.0214. The summed E-state index contributed by atoms with van der Waals surface area (Å²) in [4.78, 5) is 52.6. The van der Waals surface area contributed by atoms with Gasteiger partial charge in [-0.2, -0.15) is 0 Å². The Morgan fingerprint density at radius 3 is 2.63 bits per heavy atom. The summed E-state index contributed by atoms with van der Waals surface area (Å²) in [5.41, 5.74) is 1.16. The van der Waals surface area contributed by atoms with Crippen molar-refractivity contribution in [3.8, 4) is 0 Å². The highest BCUT2D eigenvalue weighted by Crippen LogP contribution is 2.23. The van der Waals surface area contributed by atoms with E-state index in [-0.39, 0.29) is 23.6 Å². The van der Waals surface area contributed by atoms with Crippen LogP contribution in [0.25, 0.3) is 0 Å². The molecular weight excluding hydrogens is 451 g/mol. The number of carbonyl (C=O) groups is 1. The molecule has 1 aromatic carbocycles. The largest absolute Gasteiger partial charge is 0.337 e. The molecule has 0 unspecified atom stereocenters. The summed E-state index contributed by atoms with van der Waals surface area (Å²) in [6.45, 7) is 4.19. The molecule has 1 amide bonds. The van der Waals surface area contributed by atoms with Gasteiger partial charge >= 0.3 is 5.69 Å². The quantitative estimate of drug-likeness (QED) is 0.611. The predicted octanol–water partition coefficient (Wildman–Crippen LogP) is 1.60. The number of aromatic nitrogens is 4. The molecule has 0 bridgehead atoms. The number of hydrogen-bond donors (Lipinski definition) is 1. The molecule has 0 radical (unpaired) electrons. The van der Waals surface area contributed by atoms with Crippen molar-refractivity contribution in [1.82, 2.24) is 24.4 Å². The van der Waals surface area contributed by atoms with Crippen molar-refractivity contribution in [2.75, 3.05) is 31.1 Å². The molecule has 3 aromatic rings. The van der Waals surface area contributed by atoms with Crippen LogP contribution in [0.2, 0.25) is 0 Å². The van der Waals surface area contributed by atoms with Crippen LogP contribution in [0.3, 0.4) is 0 Å². The zero-order valence-electron chi connectivity index (χ0n) is 19.5. The fourth-order valence-electron chi connectivity index (χ4n) is 4.91. The van der Waals surface area contributed by atoms with Crippen molar-refractivity contribution in [2.24, 2.45) is 5.92 Å². The van der Waals surface area contributed by atoms with Crippen LogP contribution >= 0.6 is 0 Å². The molecule has 2 aromatic heterocycles. The zero-order valence-corrected chi connectivity index (χ0v) is 19.5. The Bertz CT molecular complexity index is 1360. The minimum Gasteiger partial charge on any atom is -0.337 e. The number of anilines is 1. The van der Waals surface area contributed by atoms with E-state index in [0.29, 0.717) is 62.0 Å². The van der Waals surface area contributed by atoms with Gasteiger partial charge in [-0.25, -0.2) is 19.2 Å². The first-order valence-corrected chi connectivity index (χ1v) is 11.8. The van der Waals surface area contributed by atoms with Crippen molar-refractivity contribution in [2.45, 2.75) is 32.7 Å². The molecular formula is C25H27FN6O3. The van der Waals surface area contributed by atoms with E-state index in [1.54, 1.807) is 34.0 Å². The number of hydrogen-bond acceptors (Lipinski definition) is 6. The van der Waals surface area contributed by atoms with E-state index in [1.807, 2.05) is 4.90 Å². The highest BCUT2D eigenvalue weighted by molar-refractivity contribution is 5.94. The average molecular weight is 479 g/mol. The Labute approximate surface area is 201 Å². The maximum Gasteiger partial charge on any atom is 0.328 e. The standard InChI is InChI=1S/C25H27FN6O3/c1-16-3-6-21-19(13-16)22(33)29-25(35)32(21)15-17-4-5-20(26)18(14-17)23(34)30-9-11-31(12-10-30)24-27-7-2-8-28-24/h2,4-5,7-8,14,16H,3,6,9-13,15H2,1H3,(H,29,33,35)/t16-/m0/s1. The van der Waals surface area contributed by atoms with Gasteiger partial charge in [-0.05, 0) is 48.9 Å². The molecule has 1 atom stereocenters. The first-order valence-electron chi connectivity index (χ1n) is 11.8. The zero-order chi connectivity index (χ0) is 24.5. The number of nitrogens with one attached hydrogen (secondary N) is 1. The second kappa shape index (κ2) is 9.44. The molecule has 3 heterocycles. The van der Waals surface area contributed by atoms with Crippen LogP contribution in [0, 0.1) is 11.7 Å². The van der Waals surface area contributed by atoms with E-state index in [4.69, 9.17) is 0 Å². The van der Waals surface area contributed by atoms with Gasteiger partial charge in [0.2, 0.25) is 5.95 Å². The van der Waals surface area contributed by atoms with Crippen LogP contribution in [0.1, 0.15) is 40.5 Å². The van der Waals surface area contributed by atoms with E-state index in [1.165, 1.54) is 12.1 Å². The summed E-state index contributed by atoms with van der Waals surface area (Å²) in [5.74, 6) is -0.00439. The van der Waals surface area contributed by atoms with Crippen LogP contribution < -0.4 is 16.1 Å². The van der Waals surface area contributed by atoms with Crippen molar-refractivity contribution in [3.05, 3.63) is 85.7 Å². The molecule has 1 N–H and O–H groups in total. The van der Waals surface area contributed by atoms with Gasteiger partial charge in [-0.3, -0.25) is 19.1 Å². The van der Waals surface area contributed by atoms with Crippen molar-refractivity contribution in [3.63, 3.8) is 0 Å². The number of halogens is 1. The highest BCUT2D eigenvalue weighted by atomic mass is 19.1. The molecule has 182 valence electrons. The predicted molar refractivity (Wildman–Crippen MR) is 128 cm³/mol. The summed E-state index contributed by atoms with van der Waals surface area (Å²) in [6.07, 6.45) is 5.50. The molecule has 5 rings (SSSR count). The second-order valence-electron chi connectivity index (χ2n) is 9.26. The smallest absolute Gasteiger partial charge is 0.328 e. The van der Waals surface area contributed by atoms with Gasteiger partial charge in [0.25, 0.3) is 11.5 Å². The Morgan fingerprint density at radius 2 is 1.89 bits per heavy atom. The van der Waals surface area contributed by atoms with E-state index in [2.05, 4.69) is 21.9 Å². The number of benzene rings is 1. The molecule has 10 heteroatoms. The maximum absolute atomic E-state index is 14.7. The molecule has 9 nitrogen and oxygen atoms in total. The maximum atomic E-state index is 14.7. The third kappa shape index (κ3) is 4.60. The number of amides is 1. The lowest BCUT2D eigenvalue weighted by molar-refractivity contribution is 0.0741. The lowest BCUT2D eigenvalue weighted by atomic mass is 9.88. The molecule has 35 heavy (non-hydrogen) atoms. The number of rotatable bonds is 4. The highest BCUT2D eigenvalue weighted by Gasteiger charge is 2.26. The molecule has 1 fully saturated rings. The summed E-state index contributed by atoms with van der Waals surface area (Å²) in [7, 11) is 0. The van der Waals surface area contributed by atoms with Gasteiger partial charge < -0.3 is 9.80 Å². The monoisotopic (exact) mass is 478 g/mol. The molecule has 0 spiro atoms. The molecule has 2 aliphatic rings. The number of aromatic amines is 1. The Hall–Kier alpha value is -3.82. The van der Waals surface area contributed by atoms with E-state index in [0.717, 1.165) is 12.1 Å². The van der Waals surface area contributed by atoms with Crippen molar-refractivity contribution >= 4 is 11.9 Å². The SMILES string of the molecule is C[C@H]1CCc2c(c(=O)[nH]c(=O)n2Cc2ccc(F)c(C(=O)N3CCN(c4ncccn4)CC3)c2)C1. The van der Waals surface area contributed by atoms with Gasteiger partial charge in [0.1, 0.15) is 5.82 Å². The van der Waals surface area contributed by atoms with Crippen molar-refractivity contribution < 1.29 is 9.18 Å². The van der Waals surface area contributed by atoms with E-state index >= 15 is 0 Å². The average Bonchev–Trinajstić information content (AvgIpc) is 2.88. The molecule has 0 saturated carbocycles. The second-order valence-corrected chi connectivity index (χ2v) is 9.26. The van der Waals surface area contributed by atoms with E-state index < -0.39 is 11.5 Å². The third-order valence-electron chi connectivity index (χ3n) is 6.84. The number of H-pyrrole nitrogens is 1. The Kier molecular flexibility index (Phi) is 6.19. The van der Waals surface area contributed by atoms with Crippen molar-refractivity contribution in [1.29, 1.82) is 0 Å². The fourth-order valence-corrected chi connectivity index (χ4v) is 4.91. The minimum atomic E-state index is -0.600. The summed E-state index contributed by atoms with van der Waals surface area (Å²) >= 11 is 0. The van der Waals surface area contributed by atoms with Crippen LogP contribution in [0.5, 0.6) is 0 Å². The van der Waals surface area contributed by atoms with Gasteiger partial charge in [0.15, 0.2) is 0 Å². The van der Waals surface area contributed by atoms with E-state index in [9.17, 15) is 18.8 Å². The molecule has 1 saturated heterocycles. The van der Waals surface area contributed by atoms with Gasteiger partial charge in [0.05, 0.1) is 12.1 Å².